The highest BCUT2D eigenvalue weighted by Crippen LogP contribution is 2.21. The Morgan fingerprint density at radius 2 is 2.20 bits per heavy atom. The minimum absolute atomic E-state index is 0.197. The summed E-state index contributed by atoms with van der Waals surface area (Å²) in [6.45, 7) is 3.94. The molecule has 0 aliphatic heterocycles. The van der Waals surface area contributed by atoms with Crippen LogP contribution >= 0.6 is 11.3 Å². The number of hydrogen-bond acceptors (Lipinski definition) is 6. The molecule has 3 heterocycles. The molecule has 130 valence electrons. The first-order valence-electron chi connectivity index (χ1n) is 7.84. The van der Waals surface area contributed by atoms with Gasteiger partial charge in [-0.3, -0.25) is 20.0 Å². The highest BCUT2D eigenvalue weighted by atomic mass is 32.1. The van der Waals surface area contributed by atoms with Crippen LogP contribution in [0.25, 0.3) is 10.6 Å². The Balaban J connectivity index is 1.69. The van der Waals surface area contributed by atoms with Crippen molar-refractivity contribution in [3.63, 3.8) is 0 Å². The van der Waals surface area contributed by atoms with E-state index in [2.05, 4.69) is 39.4 Å². The van der Waals surface area contributed by atoms with Gasteiger partial charge in [-0.05, 0) is 23.4 Å². The van der Waals surface area contributed by atoms with E-state index in [0.717, 1.165) is 16.0 Å². The molecule has 0 radical (unpaired) electrons. The number of thiophene rings is 1. The third-order valence-electron chi connectivity index (χ3n) is 3.32. The van der Waals surface area contributed by atoms with Crippen molar-refractivity contribution in [3.8, 4) is 10.6 Å². The Hall–Kier alpha value is -2.81. The van der Waals surface area contributed by atoms with Gasteiger partial charge in [-0.1, -0.05) is 19.9 Å². The molecule has 0 unspecified atom stereocenters. The van der Waals surface area contributed by atoms with Crippen LogP contribution in [-0.4, -0.2) is 30.9 Å². The number of anilines is 1. The van der Waals surface area contributed by atoms with Crippen molar-refractivity contribution >= 4 is 23.2 Å². The van der Waals surface area contributed by atoms with Crippen molar-refractivity contribution in [3.05, 3.63) is 45.8 Å². The molecule has 0 bridgehead atoms. The Kier molecular flexibility index (Phi) is 5.03. The number of H-pyrrole nitrogens is 1. The zero-order valence-corrected chi connectivity index (χ0v) is 14.7. The maximum absolute atomic E-state index is 12.2. The number of rotatable bonds is 6. The van der Waals surface area contributed by atoms with E-state index >= 15 is 0 Å². The summed E-state index contributed by atoms with van der Waals surface area (Å²) in [5, 5.41) is 15.5. The van der Waals surface area contributed by atoms with E-state index in [0.29, 0.717) is 17.4 Å². The summed E-state index contributed by atoms with van der Waals surface area (Å²) in [5.41, 5.74) is 0.311. The number of carbonyl (C=O) groups excluding carboxylic acids is 1. The fourth-order valence-corrected chi connectivity index (χ4v) is 2.94. The Morgan fingerprint density at radius 1 is 1.36 bits per heavy atom. The third kappa shape index (κ3) is 4.38. The molecule has 9 heteroatoms. The number of nitrogens with zero attached hydrogens (tertiary/aromatic N) is 4. The van der Waals surface area contributed by atoms with Gasteiger partial charge in [-0.15, -0.1) is 16.4 Å². The Labute approximate surface area is 147 Å². The van der Waals surface area contributed by atoms with E-state index in [4.69, 9.17) is 0 Å². The van der Waals surface area contributed by atoms with Crippen molar-refractivity contribution in [2.24, 2.45) is 5.92 Å². The highest BCUT2D eigenvalue weighted by molar-refractivity contribution is 7.13. The minimum atomic E-state index is -0.409. The summed E-state index contributed by atoms with van der Waals surface area (Å²) in [6, 6.07) is 6.87. The minimum Gasteiger partial charge on any atom is -0.292 e. The summed E-state index contributed by atoms with van der Waals surface area (Å²) < 4.78 is 1.13. The lowest BCUT2D eigenvalue weighted by Gasteiger charge is -2.05. The maximum atomic E-state index is 12.2. The zero-order chi connectivity index (χ0) is 17.8. The molecule has 3 rings (SSSR count). The van der Waals surface area contributed by atoms with Crippen LogP contribution in [0.2, 0.25) is 0 Å². The molecular formula is C16H18N6O2S. The van der Waals surface area contributed by atoms with E-state index in [1.54, 1.807) is 6.07 Å². The molecular weight excluding hydrogens is 340 g/mol. The predicted octanol–water partition coefficient (Wildman–Crippen LogP) is 1.93. The second-order valence-electron chi connectivity index (χ2n) is 5.94. The maximum Gasteiger partial charge on any atom is 0.267 e. The first-order chi connectivity index (χ1) is 12.0. The fraction of sp³-hybridized carbons (Fsp3) is 0.312. The van der Waals surface area contributed by atoms with Gasteiger partial charge in [0.25, 0.3) is 5.56 Å². The average Bonchev–Trinajstić information content (AvgIpc) is 3.21. The molecule has 25 heavy (non-hydrogen) atoms. The van der Waals surface area contributed by atoms with Crippen molar-refractivity contribution < 1.29 is 4.79 Å². The predicted molar refractivity (Wildman–Crippen MR) is 95.4 cm³/mol. The van der Waals surface area contributed by atoms with Gasteiger partial charge >= 0.3 is 0 Å². The Bertz CT molecular complexity index is 913. The number of aromatic nitrogens is 5. The van der Waals surface area contributed by atoms with Gasteiger partial charge in [0, 0.05) is 12.5 Å². The topological polar surface area (TPSA) is 106 Å². The summed E-state index contributed by atoms with van der Waals surface area (Å²) in [6.07, 6.45) is 0.743. The van der Waals surface area contributed by atoms with Gasteiger partial charge in [0.2, 0.25) is 11.9 Å². The van der Waals surface area contributed by atoms with Crippen LogP contribution in [0.15, 0.2) is 34.4 Å². The molecule has 0 saturated carbocycles. The number of hydrogen-bond donors (Lipinski definition) is 2. The first kappa shape index (κ1) is 17.0. The van der Waals surface area contributed by atoms with Crippen LogP contribution in [-0.2, 0) is 17.8 Å². The SMILES string of the molecule is CC(C)Cc1nc(NC(=O)Cn2nc(-c3cccs3)ccc2=O)n[nH]1. The molecule has 0 aliphatic carbocycles. The van der Waals surface area contributed by atoms with E-state index in [9.17, 15) is 9.59 Å². The normalized spacial score (nSPS) is 11.0. The monoisotopic (exact) mass is 358 g/mol. The molecule has 0 saturated heterocycles. The largest absolute Gasteiger partial charge is 0.292 e. The summed E-state index contributed by atoms with van der Waals surface area (Å²) in [7, 11) is 0. The number of carbonyl (C=O) groups is 1. The summed E-state index contributed by atoms with van der Waals surface area (Å²) >= 11 is 1.52. The van der Waals surface area contributed by atoms with Gasteiger partial charge in [0.05, 0.1) is 4.88 Å². The van der Waals surface area contributed by atoms with Crippen LogP contribution in [0.3, 0.4) is 0 Å². The van der Waals surface area contributed by atoms with Gasteiger partial charge in [-0.25, -0.2) is 4.68 Å². The second-order valence-corrected chi connectivity index (χ2v) is 6.89. The quantitative estimate of drug-likeness (QED) is 0.700. The van der Waals surface area contributed by atoms with Crippen LogP contribution in [0, 0.1) is 5.92 Å². The molecule has 3 aromatic heterocycles. The molecule has 0 atom stereocenters. The van der Waals surface area contributed by atoms with Crippen molar-refractivity contribution in [1.82, 2.24) is 25.0 Å². The van der Waals surface area contributed by atoms with Gasteiger partial charge in [0.1, 0.15) is 18.1 Å². The molecule has 0 spiro atoms. The summed E-state index contributed by atoms with van der Waals surface area (Å²) in [5.74, 6) is 0.927. The molecule has 0 fully saturated rings. The van der Waals surface area contributed by atoms with Crippen LogP contribution in [0.4, 0.5) is 5.95 Å². The lowest BCUT2D eigenvalue weighted by atomic mass is 10.1. The van der Waals surface area contributed by atoms with E-state index < -0.39 is 5.91 Å². The van der Waals surface area contributed by atoms with E-state index in [1.165, 1.54) is 17.4 Å². The number of amides is 1. The molecule has 1 amide bonds. The summed E-state index contributed by atoms with van der Waals surface area (Å²) in [4.78, 5) is 29.2. The molecule has 3 aromatic rings. The standard InChI is InChI=1S/C16H18N6O2S/c1-10(2)8-13-17-16(20-19-13)18-14(23)9-22-15(24)6-5-11(21-22)12-4-3-7-25-12/h3-7,10H,8-9H2,1-2H3,(H2,17,18,19,20,23). The van der Waals surface area contributed by atoms with Gasteiger partial charge in [-0.2, -0.15) is 10.1 Å². The van der Waals surface area contributed by atoms with E-state index in [-0.39, 0.29) is 18.1 Å². The highest BCUT2D eigenvalue weighted by Gasteiger charge is 2.12. The van der Waals surface area contributed by atoms with Gasteiger partial charge < -0.3 is 0 Å². The van der Waals surface area contributed by atoms with Crippen molar-refractivity contribution in [1.29, 1.82) is 0 Å². The Morgan fingerprint density at radius 3 is 2.92 bits per heavy atom. The van der Waals surface area contributed by atoms with Crippen LogP contribution < -0.4 is 10.9 Å². The number of aromatic amines is 1. The van der Waals surface area contributed by atoms with Gasteiger partial charge in [0.15, 0.2) is 0 Å². The number of nitrogens with one attached hydrogen (secondary N) is 2. The lowest BCUT2D eigenvalue weighted by Crippen LogP contribution is -2.29. The smallest absolute Gasteiger partial charge is 0.267 e. The molecule has 0 aromatic carbocycles. The molecule has 8 nitrogen and oxygen atoms in total. The second kappa shape index (κ2) is 7.39. The average molecular weight is 358 g/mol. The van der Waals surface area contributed by atoms with E-state index in [1.807, 2.05) is 17.5 Å². The van der Waals surface area contributed by atoms with Crippen molar-refractivity contribution in [2.45, 2.75) is 26.8 Å². The van der Waals surface area contributed by atoms with Crippen LogP contribution in [0.1, 0.15) is 19.7 Å². The van der Waals surface area contributed by atoms with Crippen molar-refractivity contribution in [2.75, 3.05) is 5.32 Å². The third-order valence-corrected chi connectivity index (χ3v) is 4.21. The van der Waals surface area contributed by atoms with Crippen LogP contribution in [0.5, 0.6) is 0 Å². The zero-order valence-electron chi connectivity index (χ0n) is 13.9. The fourth-order valence-electron chi connectivity index (χ4n) is 2.25. The first-order valence-corrected chi connectivity index (χ1v) is 8.72. The molecule has 0 aliphatic rings. The molecule has 2 N–H and O–H groups in total. The lowest BCUT2D eigenvalue weighted by molar-refractivity contribution is -0.117.